The van der Waals surface area contributed by atoms with Crippen LogP contribution >= 0.6 is 11.3 Å². The van der Waals surface area contributed by atoms with E-state index in [2.05, 4.69) is 10.1 Å². The lowest BCUT2D eigenvalue weighted by Gasteiger charge is -2.20. The highest BCUT2D eigenvalue weighted by molar-refractivity contribution is 7.13. The zero-order valence-electron chi connectivity index (χ0n) is 15.4. The van der Waals surface area contributed by atoms with Gasteiger partial charge in [-0.1, -0.05) is 6.07 Å². The molecule has 2 amide bonds. The molecule has 8 nitrogen and oxygen atoms in total. The number of aromatic nitrogens is 3. The number of thiophene rings is 1. The number of nitrogens with one attached hydrogen (secondary N) is 1. The van der Waals surface area contributed by atoms with Gasteiger partial charge in [-0.3, -0.25) is 19.5 Å². The summed E-state index contributed by atoms with van der Waals surface area (Å²) < 4.78 is 1.47. The average molecular weight is 397 g/mol. The van der Waals surface area contributed by atoms with Gasteiger partial charge in [0.05, 0.1) is 41.5 Å². The van der Waals surface area contributed by atoms with Crippen molar-refractivity contribution in [1.29, 1.82) is 0 Å². The number of carbonyl (C=O) groups is 2. The molecular formula is C19H19N5O3S. The van der Waals surface area contributed by atoms with Gasteiger partial charge in [0, 0.05) is 18.5 Å². The summed E-state index contributed by atoms with van der Waals surface area (Å²) in [5.74, 6) is -0.120. The molecule has 2 aliphatic rings. The number of H-pyrrole nitrogens is 1. The van der Waals surface area contributed by atoms with Crippen LogP contribution in [0.2, 0.25) is 0 Å². The Bertz CT molecular complexity index is 1160. The zero-order chi connectivity index (χ0) is 19.4. The molecule has 1 saturated heterocycles. The molecule has 144 valence electrons. The molecule has 0 atom stereocenters. The normalized spacial score (nSPS) is 16.4. The van der Waals surface area contributed by atoms with Crippen LogP contribution in [0.3, 0.4) is 0 Å². The van der Waals surface area contributed by atoms with Gasteiger partial charge in [0.2, 0.25) is 11.8 Å². The second-order valence-electron chi connectivity index (χ2n) is 7.26. The minimum absolute atomic E-state index is 0.0216. The maximum atomic E-state index is 13.0. The first-order valence-corrected chi connectivity index (χ1v) is 10.1. The van der Waals surface area contributed by atoms with E-state index in [-0.39, 0.29) is 30.5 Å². The second kappa shape index (κ2) is 6.30. The molecule has 3 aromatic rings. The molecule has 3 aromatic heterocycles. The van der Waals surface area contributed by atoms with Crippen LogP contribution in [0, 0.1) is 6.92 Å². The van der Waals surface area contributed by atoms with Gasteiger partial charge in [0.15, 0.2) is 5.65 Å². The first-order chi connectivity index (χ1) is 13.5. The fourth-order valence-electron chi connectivity index (χ4n) is 3.95. The Hall–Kier alpha value is -2.94. The third-order valence-electron chi connectivity index (χ3n) is 5.50. The Morgan fingerprint density at radius 3 is 2.89 bits per heavy atom. The van der Waals surface area contributed by atoms with E-state index >= 15 is 0 Å². The van der Waals surface area contributed by atoms with Crippen molar-refractivity contribution in [2.24, 2.45) is 0 Å². The lowest BCUT2D eigenvalue weighted by atomic mass is 10.2. The summed E-state index contributed by atoms with van der Waals surface area (Å²) >= 11 is 1.60. The molecule has 1 N–H and O–H groups in total. The van der Waals surface area contributed by atoms with Crippen molar-refractivity contribution < 1.29 is 9.59 Å². The van der Waals surface area contributed by atoms with Crippen LogP contribution in [0.25, 0.3) is 16.2 Å². The van der Waals surface area contributed by atoms with E-state index in [4.69, 9.17) is 0 Å². The Labute approximate surface area is 164 Å². The van der Waals surface area contributed by atoms with Gasteiger partial charge >= 0.3 is 0 Å². The van der Waals surface area contributed by atoms with E-state index in [1.165, 1.54) is 4.52 Å². The third kappa shape index (κ3) is 2.57. The fraction of sp³-hybridized carbons (Fsp3) is 0.368. The number of hydrogen-bond acceptors (Lipinski definition) is 5. The third-order valence-corrected chi connectivity index (χ3v) is 6.39. The number of amides is 2. The number of aryl methyl sites for hydroxylation is 1. The van der Waals surface area contributed by atoms with Gasteiger partial charge < -0.3 is 9.80 Å². The molecule has 0 bridgehead atoms. The maximum absolute atomic E-state index is 13.0. The van der Waals surface area contributed by atoms with Crippen molar-refractivity contribution >= 4 is 28.8 Å². The van der Waals surface area contributed by atoms with E-state index in [1.807, 2.05) is 24.4 Å². The van der Waals surface area contributed by atoms with Crippen LogP contribution in [0.1, 0.15) is 29.7 Å². The second-order valence-corrected chi connectivity index (χ2v) is 8.21. The summed E-state index contributed by atoms with van der Waals surface area (Å²) in [6.45, 7) is 3.18. The minimum Gasteiger partial charge on any atom is -0.333 e. The molecule has 2 aliphatic heterocycles. The number of fused-ring (bicyclic) bond motifs is 2. The summed E-state index contributed by atoms with van der Waals surface area (Å²) in [5, 5.41) is 5.16. The molecular weight excluding hydrogens is 378 g/mol. The summed E-state index contributed by atoms with van der Waals surface area (Å²) in [7, 11) is 0. The van der Waals surface area contributed by atoms with Gasteiger partial charge in [-0.15, -0.1) is 11.3 Å². The summed E-state index contributed by atoms with van der Waals surface area (Å²) in [5.41, 5.74) is 3.41. The van der Waals surface area contributed by atoms with Gasteiger partial charge in [0.1, 0.15) is 0 Å². The van der Waals surface area contributed by atoms with Crippen LogP contribution in [0.5, 0.6) is 0 Å². The zero-order valence-corrected chi connectivity index (χ0v) is 16.2. The van der Waals surface area contributed by atoms with E-state index < -0.39 is 0 Å². The molecule has 9 heteroatoms. The molecule has 5 rings (SSSR count). The number of carbonyl (C=O) groups excluding carboxylic acids is 2. The Balaban J connectivity index is 1.46. The fourth-order valence-corrected chi connectivity index (χ4v) is 4.73. The first-order valence-electron chi connectivity index (χ1n) is 9.25. The topological polar surface area (TPSA) is 90.8 Å². The molecule has 0 aliphatic carbocycles. The summed E-state index contributed by atoms with van der Waals surface area (Å²) in [4.78, 5) is 46.4. The van der Waals surface area contributed by atoms with Gasteiger partial charge in [-0.25, -0.2) is 9.50 Å². The molecule has 0 unspecified atom stereocenters. The van der Waals surface area contributed by atoms with Crippen molar-refractivity contribution in [2.45, 2.75) is 32.9 Å². The standard InChI is InChI=1S/C19H19N5O3S/c1-11-17(14-4-3-7-28-14)21-24-18(11)20-13-9-23(8-12(13)19(24)27)16(26)10-22-6-2-5-15(22)25/h3-4,7,21H,2,5-6,8-10H2,1H3. The number of likely N-dealkylation sites (tertiary alicyclic amines) is 1. The van der Waals surface area contributed by atoms with Crippen LogP contribution in [0.15, 0.2) is 22.3 Å². The molecule has 5 heterocycles. The van der Waals surface area contributed by atoms with Crippen molar-refractivity contribution in [3.63, 3.8) is 0 Å². The lowest BCUT2D eigenvalue weighted by Crippen LogP contribution is -2.38. The molecule has 0 radical (unpaired) electrons. The SMILES string of the molecule is Cc1c(-c2cccs2)[nH]n2c(=O)c3c(nc12)CN(C(=O)CN1CCCC1=O)C3. The van der Waals surface area contributed by atoms with Crippen LogP contribution < -0.4 is 5.56 Å². The molecule has 0 aromatic carbocycles. The van der Waals surface area contributed by atoms with Gasteiger partial charge in [-0.2, -0.15) is 0 Å². The number of nitrogens with zero attached hydrogens (tertiary/aromatic N) is 4. The van der Waals surface area contributed by atoms with Gasteiger partial charge in [-0.05, 0) is 24.8 Å². The van der Waals surface area contributed by atoms with Crippen LogP contribution in [-0.2, 0) is 22.7 Å². The van der Waals surface area contributed by atoms with Crippen molar-refractivity contribution in [1.82, 2.24) is 24.4 Å². The smallest absolute Gasteiger partial charge is 0.278 e. The monoisotopic (exact) mass is 397 g/mol. The average Bonchev–Trinajstić information content (AvgIpc) is 3.44. The highest BCUT2D eigenvalue weighted by Crippen LogP contribution is 2.29. The van der Waals surface area contributed by atoms with Gasteiger partial charge in [0.25, 0.3) is 5.56 Å². The number of aromatic amines is 1. The quantitative estimate of drug-likeness (QED) is 0.726. The van der Waals surface area contributed by atoms with Crippen LogP contribution in [0.4, 0.5) is 0 Å². The first kappa shape index (κ1) is 17.2. The van der Waals surface area contributed by atoms with E-state index in [0.29, 0.717) is 36.4 Å². The predicted molar refractivity (Wildman–Crippen MR) is 104 cm³/mol. The highest BCUT2D eigenvalue weighted by atomic mass is 32.1. The minimum atomic E-state index is -0.168. The molecule has 0 saturated carbocycles. The van der Waals surface area contributed by atoms with E-state index in [0.717, 1.165) is 22.6 Å². The number of rotatable bonds is 3. The van der Waals surface area contributed by atoms with Crippen molar-refractivity contribution in [3.05, 3.63) is 44.7 Å². The Morgan fingerprint density at radius 2 is 2.18 bits per heavy atom. The number of hydrogen-bond donors (Lipinski definition) is 1. The Morgan fingerprint density at radius 1 is 1.32 bits per heavy atom. The molecule has 28 heavy (non-hydrogen) atoms. The van der Waals surface area contributed by atoms with Crippen molar-refractivity contribution in [3.8, 4) is 10.6 Å². The van der Waals surface area contributed by atoms with E-state index in [1.54, 1.807) is 21.1 Å². The maximum Gasteiger partial charge on any atom is 0.278 e. The summed E-state index contributed by atoms with van der Waals surface area (Å²) in [6.07, 6.45) is 1.30. The predicted octanol–water partition coefficient (Wildman–Crippen LogP) is 1.52. The summed E-state index contributed by atoms with van der Waals surface area (Å²) in [6, 6.07) is 3.97. The van der Waals surface area contributed by atoms with Crippen molar-refractivity contribution in [2.75, 3.05) is 13.1 Å². The van der Waals surface area contributed by atoms with Crippen LogP contribution in [-0.4, -0.2) is 49.3 Å². The molecule has 0 spiro atoms. The largest absolute Gasteiger partial charge is 0.333 e. The van der Waals surface area contributed by atoms with E-state index in [9.17, 15) is 14.4 Å². The Kier molecular flexibility index (Phi) is 3.87. The highest BCUT2D eigenvalue weighted by Gasteiger charge is 2.31. The lowest BCUT2D eigenvalue weighted by molar-refractivity contribution is -0.138. The molecule has 1 fully saturated rings.